The first kappa shape index (κ1) is 11.9. The molecule has 2 heteroatoms. The number of benzene rings is 1. The van der Waals surface area contributed by atoms with Crippen LogP contribution in [0.5, 0.6) is 0 Å². The third-order valence-electron chi connectivity index (χ3n) is 3.59. The molecule has 0 aliphatic heterocycles. The second-order valence-electron chi connectivity index (χ2n) is 5.44. The molecule has 94 valence electrons. The van der Waals surface area contributed by atoms with Crippen molar-refractivity contribution in [3.8, 4) is 10.4 Å². The Kier molecular flexibility index (Phi) is 3.00. The number of thiophene rings is 1. The summed E-state index contributed by atoms with van der Waals surface area (Å²) in [6, 6.07) is 11.4. The van der Waals surface area contributed by atoms with Gasteiger partial charge < -0.3 is 5.73 Å². The quantitative estimate of drug-likeness (QED) is 0.864. The molecule has 2 N–H and O–H groups in total. The van der Waals surface area contributed by atoms with E-state index in [1.807, 2.05) is 11.3 Å². The van der Waals surface area contributed by atoms with E-state index in [-0.39, 0.29) is 6.04 Å². The van der Waals surface area contributed by atoms with Crippen LogP contribution in [-0.2, 0) is 0 Å². The van der Waals surface area contributed by atoms with Gasteiger partial charge in [0.2, 0.25) is 0 Å². The van der Waals surface area contributed by atoms with Crippen LogP contribution in [0.4, 0.5) is 0 Å². The fraction of sp³-hybridized carbons (Fsp3) is 0.375. The molecule has 1 saturated carbocycles. The van der Waals surface area contributed by atoms with E-state index < -0.39 is 0 Å². The van der Waals surface area contributed by atoms with Crippen LogP contribution in [0, 0.1) is 19.8 Å². The van der Waals surface area contributed by atoms with Gasteiger partial charge in [-0.05, 0) is 50.3 Å². The third-order valence-corrected chi connectivity index (χ3v) is 4.83. The van der Waals surface area contributed by atoms with Gasteiger partial charge in [0.1, 0.15) is 0 Å². The van der Waals surface area contributed by atoms with E-state index in [2.05, 4.69) is 44.2 Å². The Morgan fingerprint density at radius 2 is 1.78 bits per heavy atom. The summed E-state index contributed by atoms with van der Waals surface area (Å²) in [4.78, 5) is 2.68. The molecule has 1 aliphatic rings. The second-order valence-corrected chi connectivity index (χ2v) is 6.56. The highest BCUT2D eigenvalue weighted by Gasteiger charge is 2.30. The fourth-order valence-electron chi connectivity index (χ4n) is 2.49. The summed E-state index contributed by atoms with van der Waals surface area (Å²) < 4.78 is 0. The predicted octanol–water partition coefficient (Wildman–Crippen LogP) is 4.44. The molecule has 18 heavy (non-hydrogen) atoms. The molecule has 1 heterocycles. The maximum atomic E-state index is 6.26. The van der Waals surface area contributed by atoms with Crippen LogP contribution < -0.4 is 5.73 Å². The molecule has 0 spiro atoms. The van der Waals surface area contributed by atoms with E-state index in [1.54, 1.807) is 0 Å². The highest BCUT2D eigenvalue weighted by Crippen LogP contribution is 2.42. The van der Waals surface area contributed by atoms with Gasteiger partial charge in [0.25, 0.3) is 0 Å². The average molecular weight is 257 g/mol. The monoisotopic (exact) mass is 257 g/mol. The third kappa shape index (κ3) is 2.36. The van der Waals surface area contributed by atoms with Crippen molar-refractivity contribution in [1.82, 2.24) is 0 Å². The molecule has 1 unspecified atom stereocenters. The van der Waals surface area contributed by atoms with Gasteiger partial charge in [-0.1, -0.05) is 29.3 Å². The number of nitrogens with two attached hydrogens (primary N) is 1. The van der Waals surface area contributed by atoms with Gasteiger partial charge in [-0.15, -0.1) is 11.3 Å². The Morgan fingerprint density at radius 1 is 1.11 bits per heavy atom. The summed E-state index contributed by atoms with van der Waals surface area (Å²) in [7, 11) is 0. The minimum atomic E-state index is 0.259. The van der Waals surface area contributed by atoms with E-state index in [0.29, 0.717) is 0 Å². The van der Waals surface area contributed by atoms with E-state index in [9.17, 15) is 0 Å². The molecule has 2 aromatic rings. The normalized spacial score (nSPS) is 16.8. The van der Waals surface area contributed by atoms with Crippen molar-refractivity contribution >= 4 is 11.3 Å². The number of rotatable bonds is 3. The Labute approximate surface area is 113 Å². The van der Waals surface area contributed by atoms with Crippen LogP contribution in [0.1, 0.15) is 34.9 Å². The van der Waals surface area contributed by atoms with Crippen LogP contribution in [-0.4, -0.2) is 0 Å². The largest absolute Gasteiger partial charge is 0.323 e. The summed E-state index contributed by atoms with van der Waals surface area (Å²) in [5.41, 5.74) is 10.2. The number of hydrogen-bond acceptors (Lipinski definition) is 2. The molecule has 0 saturated heterocycles. The van der Waals surface area contributed by atoms with Crippen molar-refractivity contribution in [2.45, 2.75) is 32.7 Å². The highest BCUT2D eigenvalue weighted by molar-refractivity contribution is 7.15. The average Bonchev–Trinajstić information content (AvgIpc) is 3.04. The minimum absolute atomic E-state index is 0.259. The van der Waals surface area contributed by atoms with Crippen molar-refractivity contribution < 1.29 is 0 Å². The zero-order valence-corrected chi connectivity index (χ0v) is 11.8. The van der Waals surface area contributed by atoms with Gasteiger partial charge in [0, 0.05) is 15.8 Å². The van der Waals surface area contributed by atoms with Crippen molar-refractivity contribution in [2.24, 2.45) is 11.7 Å². The van der Waals surface area contributed by atoms with Gasteiger partial charge in [-0.3, -0.25) is 0 Å². The highest BCUT2D eigenvalue weighted by atomic mass is 32.1. The van der Waals surface area contributed by atoms with Crippen LogP contribution in [0.3, 0.4) is 0 Å². The standard InChI is InChI=1S/C16H19NS/c1-10-7-11(2)9-13(8-10)14-5-6-15(18-14)16(17)12-3-4-12/h5-9,12,16H,3-4,17H2,1-2H3. The number of aryl methyl sites for hydroxylation is 2. The zero-order chi connectivity index (χ0) is 12.7. The van der Waals surface area contributed by atoms with E-state index in [0.717, 1.165) is 5.92 Å². The molecule has 1 atom stereocenters. The first-order valence-corrected chi connectivity index (χ1v) is 7.39. The lowest BCUT2D eigenvalue weighted by molar-refractivity contribution is 0.645. The first-order chi connectivity index (χ1) is 8.63. The van der Waals surface area contributed by atoms with Gasteiger partial charge >= 0.3 is 0 Å². The Bertz CT molecular complexity index is 546. The second kappa shape index (κ2) is 4.52. The molecular weight excluding hydrogens is 238 g/mol. The van der Waals surface area contributed by atoms with Crippen molar-refractivity contribution in [3.05, 3.63) is 46.3 Å². The predicted molar refractivity (Wildman–Crippen MR) is 78.9 cm³/mol. The lowest BCUT2D eigenvalue weighted by Gasteiger charge is -2.06. The Balaban J connectivity index is 1.92. The van der Waals surface area contributed by atoms with Crippen LogP contribution >= 0.6 is 11.3 Å². The van der Waals surface area contributed by atoms with Gasteiger partial charge in [-0.2, -0.15) is 0 Å². The van der Waals surface area contributed by atoms with Crippen molar-refractivity contribution in [3.63, 3.8) is 0 Å². The molecule has 1 aliphatic carbocycles. The number of hydrogen-bond donors (Lipinski definition) is 1. The van der Waals surface area contributed by atoms with Gasteiger partial charge in [0.15, 0.2) is 0 Å². The Morgan fingerprint density at radius 3 is 2.39 bits per heavy atom. The lowest BCUT2D eigenvalue weighted by Crippen LogP contribution is -2.10. The zero-order valence-electron chi connectivity index (χ0n) is 10.9. The summed E-state index contributed by atoms with van der Waals surface area (Å²) in [6.07, 6.45) is 2.61. The molecule has 3 rings (SSSR count). The molecule has 0 radical (unpaired) electrons. The van der Waals surface area contributed by atoms with Crippen LogP contribution in [0.15, 0.2) is 30.3 Å². The maximum absolute atomic E-state index is 6.26. The first-order valence-electron chi connectivity index (χ1n) is 6.57. The van der Waals surface area contributed by atoms with Gasteiger partial charge in [-0.25, -0.2) is 0 Å². The molecular formula is C16H19NS. The van der Waals surface area contributed by atoms with E-state index >= 15 is 0 Å². The molecule has 1 fully saturated rings. The molecule has 1 nitrogen and oxygen atoms in total. The molecule has 0 bridgehead atoms. The van der Waals surface area contributed by atoms with E-state index in [4.69, 9.17) is 5.73 Å². The molecule has 0 amide bonds. The summed E-state index contributed by atoms with van der Waals surface area (Å²) in [5.74, 6) is 0.732. The molecule has 1 aromatic carbocycles. The summed E-state index contributed by atoms with van der Waals surface area (Å²) >= 11 is 1.85. The van der Waals surface area contributed by atoms with E-state index in [1.165, 1.54) is 39.3 Å². The van der Waals surface area contributed by atoms with Crippen molar-refractivity contribution in [2.75, 3.05) is 0 Å². The fourth-order valence-corrected chi connectivity index (χ4v) is 3.58. The maximum Gasteiger partial charge on any atom is 0.0418 e. The lowest BCUT2D eigenvalue weighted by atomic mass is 10.1. The summed E-state index contributed by atoms with van der Waals surface area (Å²) in [6.45, 7) is 4.31. The van der Waals surface area contributed by atoms with Gasteiger partial charge in [0.05, 0.1) is 0 Å². The van der Waals surface area contributed by atoms with Crippen LogP contribution in [0.2, 0.25) is 0 Å². The van der Waals surface area contributed by atoms with Crippen molar-refractivity contribution in [1.29, 1.82) is 0 Å². The molecule has 1 aromatic heterocycles. The SMILES string of the molecule is Cc1cc(C)cc(-c2ccc(C(N)C3CC3)s2)c1. The van der Waals surface area contributed by atoms with Crippen LogP contribution in [0.25, 0.3) is 10.4 Å². The Hall–Kier alpha value is -1.12. The smallest absolute Gasteiger partial charge is 0.0418 e. The topological polar surface area (TPSA) is 26.0 Å². The summed E-state index contributed by atoms with van der Waals surface area (Å²) in [5, 5.41) is 0. The minimum Gasteiger partial charge on any atom is -0.323 e.